The predicted octanol–water partition coefficient (Wildman–Crippen LogP) is 0.985. The molecule has 0 saturated carbocycles. The van der Waals surface area contributed by atoms with E-state index < -0.39 is 0 Å². The fraction of sp³-hybridized carbons (Fsp3) is 0.111. The minimum atomic E-state index is 1.00. The maximum Gasteiger partial charge on any atom is 0.0847 e. The molecule has 0 N–H and O–H groups in total. The topological polar surface area (TPSA) is 3.88 Å². The van der Waals surface area contributed by atoms with Gasteiger partial charge in [0, 0.05) is 12.6 Å². The van der Waals surface area contributed by atoms with E-state index in [1.54, 1.807) is 4.57 Å². The molecule has 1 heterocycles. The van der Waals surface area contributed by atoms with E-state index in [9.17, 15) is 0 Å². The number of nitrogens with zero attached hydrogens (tertiary/aromatic N) is 1. The summed E-state index contributed by atoms with van der Waals surface area (Å²) < 4.78 is 1.74. The summed E-state index contributed by atoms with van der Waals surface area (Å²) in [6, 6.07) is 3.88. The Morgan fingerprint density at radius 3 is 3.00 bits per heavy atom. The predicted molar refractivity (Wildman–Crippen MR) is 39.9 cm³/mol. The lowest BCUT2D eigenvalue weighted by atomic mass is 10.3. The molecular weight excluding hydrogens is 122 g/mol. The van der Waals surface area contributed by atoms with E-state index in [1.165, 1.54) is 0 Å². The van der Waals surface area contributed by atoms with Crippen LogP contribution in [0.2, 0.25) is 0 Å². The third-order valence-electron chi connectivity index (χ3n) is 1.13. The van der Waals surface area contributed by atoms with E-state index in [2.05, 4.69) is 18.9 Å². The van der Waals surface area contributed by atoms with Gasteiger partial charge in [0.05, 0.1) is 12.4 Å². The Labute approximate surface area is 61.3 Å². The Balaban J connectivity index is 3.03. The second-order valence-electron chi connectivity index (χ2n) is 1.98. The molecule has 0 radical (unpaired) electrons. The molecule has 1 aromatic rings. The van der Waals surface area contributed by atoms with Gasteiger partial charge in [-0.3, -0.25) is 0 Å². The molecular formula is C9H9N. The highest BCUT2D eigenvalue weighted by Crippen LogP contribution is 1.89. The zero-order valence-electron chi connectivity index (χ0n) is 5.96. The van der Waals surface area contributed by atoms with Gasteiger partial charge in [-0.05, 0) is 6.92 Å². The number of rotatable bonds is 0. The molecule has 0 amide bonds. The van der Waals surface area contributed by atoms with Crippen molar-refractivity contribution in [3.05, 3.63) is 37.1 Å². The summed E-state index contributed by atoms with van der Waals surface area (Å²) >= 11 is 0. The SMILES string of the molecule is [CH2-][n+]1cccc(C#CC)c1. The molecule has 1 aromatic heterocycles. The molecule has 0 aliphatic heterocycles. The molecule has 1 heteroatoms. The number of pyridine rings is 1. The highest BCUT2D eigenvalue weighted by Gasteiger charge is 1.83. The third-order valence-corrected chi connectivity index (χ3v) is 1.13. The van der Waals surface area contributed by atoms with Crippen LogP contribution < -0.4 is 4.57 Å². The minimum Gasteiger partial charge on any atom is -0.338 e. The van der Waals surface area contributed by atoms with Crippen LogP contribution in [0.15, 0.2) is 24.5 Å². The molecule has 10 heavy (non-hydrogen) atoms. The molecule has 1 rings (SSSR count). The third kappa shape index (κ3) is 1.53. The zero-order chi connectivity index (χ0) is 7.40. The summed E-state index contributed by atoms with van der Waals surface area (Å²) in [5, 5.41) is 0. The van der Waals surface area contributed by atoms with E-state index in [0.29, 0.717) is 0 Å². The Kier molecular flexibility index (Phi) is 1.96. The molecule has 0 atom stereocenters. The van der Waals surface area contributed by atoms with Crippen LogP contribution in [0.25, 0.3) is 0 Å². The second-order valence-corrected chi connectivity index (χ2v) is 1.98. The molecule has 0 aliphatic carbocycles. The van der Waals surface area contributed by atoms with E-state index in [4.69, 9.17) is 0 Å². The molecule has 0 bridgehead atoms. The van der Waals surface area contributed by atoms with Crippen LogP contribution in [-0.4, -0.2) is 0 Å². The summed E-state index contributed by atoms with van der Waals surface area (Å²) in [5.41, 5.74) is 1.00. The highest BCUT2D eigenvalue weighted by molar-refractivity contribution is 5.28. The van der Waals surface area contributed by atoms with Gasteiger partial charge in [0.25, 0.3) is 0 Å². The van der Waals surface area contributed by atoms with Crippen LogP contribution in [0.3, 0.4) is 0 Å². The Bertz CT molecular complexity index is 278. The van der Waals surface area contributed by atoms with Gasteiger partial charge in [-0.1, -0.05) is 18.1 Å². The molecule has 0 spiro atoms. The van der Waals surface area contributed by atoms with Crippen molar-refractivity contribution in [2.24, 2.45) is 0 Å². The molecule has 0 aromatic carbocycles. The minimum absolute atomic E-state index is 1.00. The van der Waals surface area contributed by atoms with Crippen molar-refractivity contribution in [3.63, 3.8) is 0 Å². The van der Waals surface area contributed by atoms with Crippen LogP contribution in [0.1, 0.15) is 12.5 Å². The summed E-state index contributed by atoms with van der Waals surface area (Å²) in [4.78, 5) is 0. The lowest BCUT2D eigenvalue weighted by Gasteiger charge is -1.93. The number of hydrogen-bond acceptors (Lipinski definition) is 0. The van der Waals surface area contributed by atoms with Gasteiger partial charge < -0.3 is 4.57 Å². The van der Waals surface area contributed by atoms with Crippen molar-refractivity contribution in [1.29, 1.82) is 0 Å². The smallest absolute Gasteiger partial charge is 0.0847 e. The molecule has 0 aliphatic rings. The Hall–Kier alpha value is -1.42. The first-order valence-corrected chi connectivity index (χ1v) is 3.08. The maximum absolute atomic E-state index is 3.71. The number of aromatic nitrogens is 1. The molecule has 0 saturated heterocycles. The summed E-state index contributed by atoms with van der Waals surface area (Å²) in [7, 11) is 3.71. The van der Waals surface area contributed by atoms with E-state index in [0.717, 1.165) is 5.56 Å². The average Bonchev–Trinajstić information content (AvgIpc) is 1.88. The van der Waals surface area contributed by atoms with Crippen molar-refractivity contribution in [2.75, 3.05) is 0 Å². The van der Waals surface area contributed by atoms with Gasteiger partial charge in [-0.15, -0.1) is 5.92 Å². The lowest BCUT2D eigenvalue weighted by molar-refractivity contribution is -0.612. The summed E-state index contributed by atoms with van der Waals surface area (Å²) in [6.07, 6.45) is 3.76. The van der Waals surface area contributed by atoms with Gasteiger partial charge in [0.2, 0.25) is 0 Å². The summed E-state index contributed by atoms with van der Waals surface area (Å²) in [5.74, 6) is 5.76. The van der Waals surface area contributed by atoms with Crippen LogP contribution in [0, 0.1) is 18.9 Å². The fourth-order valence-electron chi connectivity index (χ4n) is 0.740. The summed E-state index contributed by atoms with van der Waals surface area (Å²) in [6.45, 7) is 1.82. The average molecular weight is 131 g/mol. The quantitative estimate of drug-likeness (QED) is 0.281. The zero-order valence-corrected chi connectivity index (χ0v) is 5.96. The van der Waals surface area contributed by atoms with E-state index >= 15 is 0 Å². The van der Waals surface area contributed by atoms with Gasteiger partial charge in [-0.25, -0.2) is 0 Å². The van der Waals surface area contributed by atoms with Gasteiger partial charge >= 0.3 is 0 Å². The van der Waals surface area contributed by atoms with Crippen molar-refractivity contribution in [2.45, 2.75) is 6.92 Å². The van der Waals surface area contributed by atoms with Crippen LogP contribution in [-0.2, 0) is 0 Å². The van der Waals surface area contributed by atoms with Crippen molar-refractivity contribution >= 4 is 0 Å². The Morgan fingerprint density at radius 1 is 1.60 bits per heavy atom. The largest absolute Gasteiger partial charge is 0.338 e. The standard InChI is InChI=1S/C9H9N/c1-3-5-9-6-4-7-10(2)8-9/h4,6-8H,2H2,1H3. The van der Waals surface area contributed by atoms with Crippen molar-refractivity contribution in [1.82, 2.24) is 0 Å². The molecule has 1 nitrogen and oxygen atoms in total. The van der Waals surface area contributed by atoms with Gasteiger partial charge in [0.15, 0.2) is 0 Å². The van der Waals surface area contributed by atoms with E-state index in [1.807, 2.05) is 31.5 Å². The molecule has 0 unspecified atom stereocenters. The number of hydrogen-bond donors (Lipinski definition) is 0. The van der Waals surface area contributed by atoms with Crippen molar-refractivity contribution in [3.8, 4) is 11.8 Å². The Morgan fingerprint density at radius 2 is 2.40 bits per heavy atom. The van der Waals surface area contributed by atoms with Crippen LogP contribution in [0.5, 0.6) is 0 Å². The van der Waals surface area contributed by atoms with Crippen molar-refractivity contribution < 1.29 is 4.57 Å². The molecule has 0 fully saturated rings. The first kappa shape index (κ1) is 6.70. The highest BCUT2D eigenvalue weighted by atomic mass is 14.9. The first-order chi connectivity index (χ1) is 4.83. The second kappa shape index (κ2) is 2.93. The van der Waals surface area contributed by atoms with Gasteiger partial charge in [-0.2, -0.15) is 0 Å². The van der Waals surface area contributed by atoms with Crippen LogP contribution in [0.4, 0.5) is 0 Å². The fourth-order valence-corrected chi connectivity index (χ4v) is 0.740. The molecule has 50 valence electrons. The lowest BCUT2D eigenvalue weighted by Crippen LogP contribution is -2.23. The normalized spacial score (nSPS) is 8.10. The monoisotopic (exact) mass is 131 g/mol. The van der Waals surface area contributed by atoms with Gasteiger partial charge in [0.1, 0.15) is 0 Å². The van der Waals surface area contributed by atoms with Crippen LogP contribution >= 0.6 is 0 Å². The maximum atomic E-state index is 3.71. The first-order valence-electron chi connectivity index (χ1n) is 3.08. The van der Waals surface area contributed by atoms with E-state index in [-0.39, 0.29) is 0 Å².